The summed E-state index contributed by atoms with van der Waals surface area (Å²) in [6, 6.07) is 0.388. The van der Waals surface area contributed by atoms with Gasteiger partial charge in [-0.15, -0.1) is 0 Å². The highest BCUT2D eigenvalue weighted by molar-refractivity contribution is 5.38. The second-order valence-electron chi connectivity index (χ2n) is 5.14. The van der Waals surface area contributed by atoms with E-state index in [1.54, 1.807) is 7.05 Å². The van der Waals surface area contributed by atoms with Gasteiger partial charge >= 0.3 is 6.01 Å². The molecule has 0 aromatic carbocycles. The fourth-order valence-electron chi connectivity index (χ4n) is 1.83. The molecule has 0 spiro atoms. The van der Waals surface area contributed by atoms with Crippen molar-refractivity contribution in [1.29, 1.82) is 0 Å². The number of hydrogen-bond acceptors (Lipinski definition) is 6. The van der Waals surface area contributed by atoms with Crippen LogP contribution in [-0.4, -0.2) is 41.2 Å². The minimum Gasteiger partial charge on any atom is -0.461 e. The van der Waals surface area contributed by atoms with Gasteiger partial charge in [-0.05, 0) is 39.5 Å². The summed E-state index contributed by atoms with van der Waals surface area (Å²) in [4.78, 5) is 15.2. The van der Waals surface area contributed by atoms with Crippen molar-refractivity contribution >= 4 is 11.9 Å². The Kier molecular flexibility index (Phi) is 4.39. The summed E-state index contributed by atoms with van der Waals surface area (Å²) in [6.07, 6.45) is 2.68. The summed E-state index contributed by atoms with van der Waals surface area (Å²) in [5.41, 5.74) is 0. The van der Waals surface area contributed by atoms with Crippen LogP contribution in [0.4, 0.5) is 11.9 Å². The molecule has 19 heavy (non-hydrogen) atoms. The number of rotatable bonds is 7. The molecule has 1 saturated carbocycles. The fraction of sp³-hybridized carbons (Fsp3) is 0.769. The Hall–Kier alpha value is -1.59. The maximum atomic E-state index is 5.58. The zero-order chi connectivity index (χ0) is 13.8. The molecule has 1 heterocycles. The highest BCUT2D eigenvalue weighted by Crippen LogP contribution is 2.31. The van der Waals surface area contributed by atoms with Crippen LogP contribution < -0.4 is 15.0 Å². The van der Waals surface area contributed by atoms with E-state index in [1.165, 1.54) is 12.8 Å². The van der Waals surface area contributed by atoms with Crippen molar-refractivity contribution in [3.05, 3.63) is 0 Å². The predicted octanol–water partition coefficient (Wildman–Crippen LogP) is 1.94. The average molecular weight is 265 g/mol. The van der Waals surface area contributed by atoms with E-state index in [0.717, 1.165) is 19.0 Å². The van der Waals surface area contributed by atoms with Crippen molar-refractivity contribution in [3.8, 4) is 6.01 Å². The van der Waals surface area contributed by atoms with Crippen LogP contribution in [0.15, 0.2) is 0 Å². The third-order valence-corrected chi connectivity index (χ3v) is 3.01. The van der Waals surface area contributed by atoms with Crippen molar-refractivity contribution in [2.24, 2.45) is 5.92 Å². The Morgan fingerprint density at radius 2 is 2.05 bits per heavy atom. The molecule has 0 aliphatic heterocycles. The summed E-state index contributed by atoms with van der Waals surface area (Å²) in [5, 5.41) is 2.96. The van der Waals surface area contributed by atoms with Gasteiger partial charge in [-0.3, -0.25) is 0 Å². The van der Waals surface area contributed by atoms with Crippen molar-refractivity contribution < 1.29 is 4.74 Å². The van der Waals surface area contributed by atoms with E-state index in [9.17, 15) is 0 Å². The first-order valence-corrected chi connectivity index (χ1v) is 6.97. The Morgan fingerprint density at radius 3 is 2.58 bits per heavy atom. The van der Waals surface area contributed by atoms with Crippen molar-refractivity contribution in [2.45, 2.75) is 39.7 Å². The first-order chi connectivity index (χ1) is 9.12. The van der Waals surface area contributed by atoms with Crippen LogP contribution >= 0.6 is 0 Å². The zero-order valence-corrected chi connectivity index (χ0v) is 12.2. The van der Waals surface area contributed by atoms with Crippen LogP contribution in [0.3, 0.4) is 0 Å². The predicted molar refractivity (Wildman–Crippen MR) is 75.7 cm³/mol. The van der Waals surface area contributed by atoms with Gasteiger partial charge in [0.05, 0.1) is 6.10 Å². The van der Waals surface area contributed by atoms with Crippen molar-refractivity contribution in [3.63, 3.8) is 0 Å². The molecule has 0 unspecified atom stereocenters. The molecule has 0 atom stereocenters. The molecule has 106 valence electrons. The van der Waals surface area contributed by atoms with Crippen LogP contribution in [-0.2, 0) is 0 Å². The number of nitrogens with zero attached hydrogens (tertiary/aromatic N) is 4. The molecule has 6 nitrogen and oxygen atoms in total. The van der Waals surface area contributed by atoms with Gasteiger partial charge in [-0.2, -0.15) is 15.0 Å². The van der Waals surface area contributed by atoms with Crippen LogP contribution in [0.1, 0.15) is 33.6 Å². The maximum Gasteiger partial charge on any atom is 0.323 e. The SMILES string of the molecule is CCN(CC1CC1)c1nc(NC)nc(OC(C)C)n1. The molecule has 1 fully saturated rings. The van der Waals surface area contributed by atoms with Crippen LogP contribution in [0.2, 0.25) is 0 Å². The maximum absolute atomic E-state index is 5.58. The summed E-state index contributed by atoms with van der Waals surface area (Å²) in [7, 11) is 1.80. The Morgan fingerprint density at radius 1 is 1.32 bits per heavy atom. The Labute approximate surface area is 114 Å². The molecule has 2 rings (SSSR count). The monoisotopic (exact) mass is 265 g/mol. The Balaban J connectivity index is 2.20. The van der Waals surface area contributed by atoms with Gasteiger partial charge in [-0.1, -0.05) is 0 Å². The molecule has 1 aliphatic carbocycles. The van der Waals surface area contributed by atoms with E-state index in [0.29, 0.717) is 17.9 Å². The lowest BCUT2D eigenvalue weighted by molar-refractivity contribution is 0.222. The highest BCUT2D eigenvalue weighted by atomic mass is 16.5. The molecule has 6 heteroatoms. The lowest BCUT2D eigenvalue weighted by Crippen LogP contribution is -2.28. The molecule has 1 aromatic rings. The molecule has 0 amide bonds. The quantitative estimate of drug-likeness (QED) is 0.813. The summed E-state index contributed by atoms with van der Waals surface area (Å²) in [6.45, 7) is 7.96. The van der Waals surface area contributed by atoms with E-state index < -0.39 is 0 Å². The van der Waals surface area contributed by atoms with E-state index >= 15 is 0 Å². The smallest absolute Gasteiger partial charge is 0.323 e. The molecule has 1 aromatic heterocycles. The standard InChI is InChI=1S/C13H23N5O/c1-5-18(8-10-6-7-10)12-15-11(14-4)16-13(17-12)19-9(2)3/h9-10H,5-8H2,1-4H3,(H,14,15,16,17). The zero-order valence-electron chi connectivity index (χ0n) is 12.2. The van der Waals surface area contributed by atoms with Crippen LogP contribution in [0.5, 0.6) is 6.01 Å². The summed E-state index contributed by atoms with van der Waals surface area (Å²) < 4.78 is 5.58. The minimum absolute atomic E-state index is 0.0541. The number of hydrogen-bond donors (Lipinski definition) is 1. The van der Waals surface area contributed by atoms with Gasteiger partial charge < -0.3 is 15.0 Å². The highest BCUT2D eigenvalue weighted by Gasteiger charge is 2.25. The summed E-state index contributed by atoms with van der Waals surface area (Å²) in [5.74, 6) is 2.04. The van der Waals surface area contributed by atoms with Crippen molar-refractivity contribution in [1.82, 2.24) is 15.0 Å². The van der Waals surface area contributed by atoms with Gasteiger partial charge in [0.15, 0.2) is 0 Å². The molecular formula is C13H23N5O. The van der Waals surface area contributed by atoms with Crippen LogP contribution in [0.25, 0.3) is 0 Å². The van der Waals surface area contributed by atoms with E-state index in [1.807, 2.05) is 13.8 Å². The molecule has 1 N–H and O–H groups in total. The topological polar surface area (TPSA) is 63.2 Å². The molecule has 0 saturated heterocycles. The van der Waals surface area contributed by atoms with Crippen LogP contribution in [0, 0.1) is 5.92 Å². The van der Waals surface area contributed by atoms with E-state index in [4.69, 9.17) is 4.74 Å². The number of anilines is 2. The van der Waals surface area contributed by atoms with Gasteiger partial charge in [0.25, 0.3) is 0 Å². The minimum atomic E-state index is 0.0541. The van der Waals surface area contributed by atoms with Gasteiger partial charge in [-0.25, -0.2) is 0 Å². The lowest BCUT2D eigenvalue weighted by atomic mass is 10.4. The van der Waals surface area contributed by atoms with Gasteiger partial charge in [0.1, 0.15) is 0 Å². The third-order valence-electron chi connectivity index (χ3n) is 3.01. The Bertz CT molecular complexity index is 419. The largest absolute Gasteiger partial charge is 0.461 e. The second-order valence-corrected chi connectivity index (χ2v) is 5.14. The third kappa shape index (κ3) is 3.94. The summed E-state index contributed by atoms with van der Waals surface area (Å²) >= 11 is 0. The number of nitrogens with one attached hydrogen (secondary N) is 1. The number of ether oxygens (including phenoxy) is 1. The van der Waals surface area contributed by atoms with Gasteiger partial charge in [0, 0.05) is 20.1 Å². The molecule has 1 aliphatic rings. The lowest BCUT2D eigenvalue weighted by Gasteiger charge is -2.21. The second kappa shape index (κ2) is 6.04. The first-order valence-electron chi connectivity index (χ1n) is 6.97. The number of aromatic nitrogens is 3. The van der Waals surface area contributed by atoms with Gasteiger partial charge in [0.2, 0.25) is 11.9 Å². The molecule has 0 radical (unpaired) electrons. The van der Waals surface area contributed by atoms with E-state index in [2.05, 4.69) is 32.1 Å². The van der Waals surface area contributed by atoms with E-state index in [-0.39, 0.29) is 6.10 Å². The molecule has 0 bridgehead atoms. The molecular weight excluding hydrogens is 242 g/mol. The first kappa shape index (κ1) is 13.8. The average Bonchev–Trinajstić information content (AvgIpc) is 3.18. The fourth-order valence-corrected chi connectivity index (χ4v) is 1.83. The van der Waals surface area contributed by atoms with Crippen molar-refractivity contribution in [2.75, 3.05) is 30.4 Å². The normalized spacial score (nSPS) is 14.6.